The maximum Gasteiger partial charge on any atom is 0.341 e. The zero-order valence-electron chi connectivity index (χ0n) is 16.0. The van der Waals surface area contributed by atoms with E-state index in [-0.39, 0.29) is 6.61 Å². The fourth-order valence-corrected chi connectivity index (χ4v) is 3.95. The van der Waals surface area contributed by atoms with Gasteiger partial charge < -0.3 is 15.0 Å². The Hall–Kier alpha value is -2.50. The number of anilines is 3. The number of hydrogen-bond donors (Lipinski definition) is 1. The van der Waals surface area contributed by atoms with E-state index in [1.54, 1.807) is 19.1 Å². The standard InChI is InChI=1S/C22H21Cl2N3O2/c1-2-29-22(28)17-13-25-21-16(9-10-18(23)19(21)24)20(17)26-14-5-7-15(8-6-14)27-11-3-4-12-27/h5-10,13H,2-4,11-12H2,1H3,(H,25,26). The van der Waals surface area contributed by atoms with Crippen molar-refractivity contribution in [2.75, 3.05) is 29.9 Å². The number of pyridine rings is 1. The van der Waals surface area contributed by atoms with Crippen LogP contribution in [-0.4, -0.2) is 30.6 Å². The lowest BCUT2D eigenvalue weighted by Gasteiger charge is -2.19. The van der Waals surface area contributed by atoms with Gasteiger partial charge in [0.05, 0.1) is 27.9 Å². The van der Waals surface area contributed by atoms with Crippen LogP contribution in [0.15, 0.2) is 42.6 Å². The number of aromatic nitrogens is 1. The van der Waals surface area contributed by atoms with Gasteiger partial charge in [-0.25, -0.2) is 4.79 Å². The highest BCUT2D eigenvalue weighted by molar-refractivity contribution is 6.45. The first-order valence-electron chi connectivity index (χ1n) is 9.64. The number of nitrogens with one attached hydrogen (secondary N) is 1. The van der Waals surface area contributed by atoms with Crippen molar-refractivity contribution in [1.82, 2.24) is 4.98 Å². The lowest BCUT2D eigenvalue weighted by molar-refractivity contribution is 0.0527. The Balaban J connectivity index is 1.74. The fraction of sp³-hybridized carbons (Fsp3) is 0.273. The van der Waals surface area contributed by atoms with Gasteiger partial charge in [-0.15, -0.1) is 0 Å². The Morgan fingerprint density at radius 1 is 1.14 bits per heavy atom. The zero-order chi connectivity index (χ0) is 20.4. The zero-order valence-corrected chi connectivity index (χ0v) is 17.6. The summed E-state index contributed by atoms with van der Waals surface area (Å²) in [5.41, 5.74) is 3.54. The molecule has 5 nitrogen and oxygen atoms in total. The highest BCUT2D eigenvalue weighted by Gasteiger charge is 2.19. The average molecular weight is 430 g/mol. The Morgan fingerprint density at radius 2 is 1.86 bits per heavy atom. The number of rotatable bonds is 5. The minimum atomic E-state index is -0.441. The molecule has 1 aromatic heterocycles. The quantitative estimate of drug-likeness (QED) is 0.499. The molecule has 0 unspecified atom stereocenters. The van der Waals surface area contributed by atoms with Crippen LogP contribution in [0.3, 0.4) is 0 Å². The van der Waals surface area contributed by atoms with Gasteiger partial charge in [0.25, 0.3) is 0 Å². The molecule has 29 heavy (non-hydrogen) atoms. The first-order valence-corrected chi connectivity index (χ1v) is 10.4. The molecular formula is C22H21Cl2N3O2. The van der Waals surface area contributed by atoms with Crippen molar-refractivity contribution in [2.45, 2.75) is 19.8 Å². The lowest BCUT2D eigenvalue weighted by atomic mass is 10.1. The Morgan fingerprint density at radius 3 is 2.55 bits per heavy atom. The summed E-state index contributed by atoms with van der Waals surface area (Å²) in [5.74, 6) is -0.441. The molecule has 150 valence electrons. The molecule has 1 aliphatic rings. The van der Waals surface area contributed by atoms with E-state index in [1.807, 2.05) is 12.1 Å². The van der Waals surface area contributed by atoms with E-state index in [9.17, 15) is 4.79 Å². The summed E-state index contributed by atoms with van der Waals surface area (Å²) in [6, 6.07) is 11.7. The highest BCUT2D eigenvalue weighted by Crippen LogP contribution is 2.36. The van der Waals surface area contributed by atoms with Crippen LogP contribution in [-0.2, 0) is 4.74 Å². The maximum absolute atomic E-state index is 12.5. The number of hydrogen-bond acceptors (Lipinski definition) is 5. The van der Waals surface area contributed by atoms with Crippen LogP contribution in [0.25, 0.3) is 10.9 Å². The van der Waals surface area contributed by atoms with Crippen molar-refractivity contribution in [3.8, 4) is 0 Å². The molecule has 0 saturated carbocycles. The molecule has 7 heteroatoms. The third kappa shape index (κ3) is 3.98. The van der Waals surface area contributed by atoms with E-state index < -0.39 is 5.97 Å². The smallest absolute Gasteiger partial charge is 0.341 e. The summed E-state index contributed by atoms with van der Waals surface area (Å²) in [6.45, 7) is 4.23. The molecule has 0 spiro atoms. The summed E-state index contributed by atoms with van der Waals surface area (Å²) in [7, 11) is 0. The molecule has 1 saturated heterocycles. The van der Waals surface area contributed by atoms with Crippen molar-refractivity contribution in [3.63, 3.8) is 0 Å². The first kappa shape index (κ1) is 19.8. The second kappa shape index (κ2) is 8.47. The van der Waals surface area contributed by atoms with Crippen LogP contribution < -0.4 is 10.2 Å². The molecule has 4 rings (SSSR count). The molecule has 2 aromatic carbocycles. The van der Waals surface area contributed by atoms with Crippen LogP contribution in [0, 0.1) is 0 Å². The molecule has 0 aliphatic carbocycles. The van der Waals surface area contributed by atoms with E-state index in [0.717, 1.165) is 18.8 Å². The van der Waals surface area contributed by atoms with Gasteiger partial charge >= 0.3 is 5.97 Å². The number of benzene rings is 2. The van der Waals surface area contributed by atoms with Gasteiger partial charge in [0.2, 0.25) is 0 Å². The van der Waals surface area contributed by atoms with Crippen molar-refractivity contribution < 1.29 is 9.53 Å². The minimum absolute atomic E-state index is 0.280. The number of esters is 1. The number of nitrogens with zero attached hydrogens (tertiary/aromatic N) is 2. The van der Waals surface area contributed by atoms with E-state index >= 15 is 0 Å². The first-order chi connectivity index (χ1) is 14.1. The van der Waals surface area contributed by atoms with E-state index in [1.165, 1.54) is 24.7 Å². The van der Waals surface area contributed by atoms with Gasteiger partial charge in [-0.2, -0.15) is 0 Å². The maximum atomic E-state index is 12.5. The van der Waals surface area contributed by atoms with Gasteiger partial charge in [-0.1, -0.05) is 23.2 Å². The van der Waals surface area contributed by atoms with Gasteiger partial charge in [0.1, 0.15) is 5.56 Å². The van der Waals surface area contributed by atoms with Gasteiger partial charge in [-0.05, 0) is 56.2 Å². The molecule has 0 amide bonds. The van der Waals surface area contributed by atoms with Crippen LogP contribution in [0.4, 0.5) is 17.1 Å². The minimum Gasteiger partial charge on any atom is -0.462 e. The Kier molecular flexibility index (Phi) is 5.79. The fourth-order valence-electron chi connectivity index (χ4n) is 3.58. The highest BCUT2D eigenvalue weighted by atomic mass is 35.5. The summed E-state index contributed by atoms with van der Waals surface area (Å²) < 4.78 is 5.21. The SMILES string of the molecule is CCOC(=O)c1cnc2c(Cl)c(Cl)ccc2c1Nc1ccc(N2CCCC2)cc1. The molecule has 3 aromatic rings. The summed E-state index contributed by atoms with van der Waals surface area (Å²) in [5, 5.41) is 4.83. The van der Waals surface area contributed by atoms with Crippen molar-refractivity contribution in [3.05, 3.63) is 58.2 Å². The second-order valence-corrected chi connectivity index (χ2v) is 7.68. The molecule has 1 fully saturated rings. The summed E-state index contributed by atoms with van der Waals surface area (Å²) >= 11 is 12.5. The number of halogens is 2. The van der Waals surface area contributed by atoms with E-state index in [4.69, 9.17) is 27.9 Å². The molecule has 0 atom stereocenters. The Bertz CT molecular complexity index is 1050. The van der Waals surface area contributed by atoms with Gasteiger partial charge in [0.15, 0.2) is 0 Å². The number of fused-ring (bicyclic) bond motifs is 1. The number of carbonyl (C=O) groups excluding carboxylic acids is 1. The van der Waals surface area contributed by atoms with Gasteiger partial charge in [0, 0.05) is 36.0 Å². The molecule has 0 radical (unpaired) electrons. The monoisotopic (exact) mass is 429 g/mol. The number of carbonyl (C=O) groups is 1. The molecule has 0 bridgehead atoms. The third-order valence-electron chi connectivity index (χ3n) is 5.03. The lowest BCUT2D eigenvalue weighted by Crippen LogP contribution is -2.17. The summed E-state index contributed by atoms with van der Waals surface area (Å²) in [6.07, 6.45) is 3.94. The molecule has 1 aliphatic heterocycles. The third-order valence-corrected chi connectivity index (χ3v) is 5.83. The predicted molar refractivity (Wildman–Crippen MR) is 119 cm³/mol. The van der Waals surface area contributed by atoms with Crippen LogP contribution >= 0.6 is 23.2 Å². The number of ether oxygens (including phenoxy) is 1. The summed E-state index contributed by atoms with van der Waals surface area (Å²) in [4.78, 5) is 19.2. The predicted octanol–water partition coefficient (Wildman–Crippen LogP) is 6.06. The molecule has 1 N–H and O–H groups in total. The molecule has 2 heterocycles. The van der Waals surface area contributed by atoms with E-state index in [0.29, 0.717) is 32.2 Å². The van der Waals surface area contributed by atoms with Crippen LogP contribution in [0.5, 0.6) is 0 Å². The van der Waals surface area contributed by atoms with Crippen molar-refractivity contribution in [1.29, 1.82) is 0 Å². The van der Waals surface area contributed by atoms with Crippen LogP contribution in [0.1, 0.15) is 30.1 Å². The van der Waals surface area contributed by atoms with Crippen molar-refractivity contribution >= 4 is 57.1 Å². The van der Waals surface area contributed by atoms with Gasteiger partial charge in [-0.3, -0.25) is 4.98 Å². The van der Waals surface area contributed by atoms with E-state index in [2.05, 4.69) is 27.3 Å². The molecular weight excluding hydrogens is 409 g/mol. The largest absolute Gasteiger partial charge is 0.462 e. The van der Waals surface area contributed by atoms with Crippen molar-refractivity contribution in [2.24, 2.45) is 0 Å². The average Bonchev–Trinajstić information content (AvgIpc) is 3.26. The van der Waals surface area contributed by atoms with Crippen LogP contribution in [0.2, 0.25) is 10.0 Å². The second-order valence-electron chi connectivity index (χ2n) is 6.89. The topological polar surface area (TPSA) is 54.5 Å². The Labute approximate surface area is 179 Å². The normalized spacial score (nSPS) is 13.7.